The number of hydrogen-bond donors (Lipinski definition) is 1. The Morgan fingerprint density at radius 2 is 2.06 bits per heavy atom. The van der Waals surface area contributed by atoms with Crippen LogP contribution in [0.1, 0.15) is 12.0 Å². The second-order valence-electron chi connectivity index (χ2n) is 4.80. The first-order valence-corrected chi connectivity index (χ1v) is 6.89. The van der Waals surface area contributed by atoms with Gasteiger partial charge in [-0.2, -0.15) is 11.8 Å². The molecule has 0 saturated carbocycles. The Morgan fingerprint density at radius 1 is 1.31 bits per heavy atom. The van der Waals surface area contributed by atoms with Gasteiger partial charge in [-0.25, -0.2) is 0 Å². The first-order valence-electron chi connectivity index (χ1n) is 5.95. The van der Waals surface area contributed by atoms with Crippen LogP contribution in [0, 0.1) is 0 Å². The first-order chi connectivity index (χ1) is 7.79. The smallest absolute Gasteiger partial charge is 0.115 e. The molecule has 2 bridgehead atoms. The molecule has 2 unspecified atom stereocenters. The third-order valence-electron chi connectivity index (χ3n) is 3.46. The van der Waals surface area contributed by atoms with Crippen molar-refractivity contribution >= 4 is 11.8 Å². The molecule has 3 aliphatic heterocycles. The Morgan fingerprint density at radius 3 is 2.75 bits per heavy atom. The molecule has 0 spiro atoms. The molecule has 16 heavy (non-hydrogen) atoms. The van der Waals surface area contributed by atoms with Crippen LogP contribution in [0.4, 0.5) is 0 Å². The number of phenolic OH excluding ortho intramolecular Hbond substituents is 1. The summed E-state index contributed by atoms with van der Waals surface area (Å²) < 4.78 is 0. The van der Waals surface area contributed by atoms with Crippen LogP contribution in [0.25, 0.3) is 0 Å². The second-order valence-corrected chi connectivity index (χ2v) is 6.40. The van der Waals surface area contributed by atoms with E-state index in [-0.39, 0.29) is 0 Å². The maximum Gasteiger partial charge on any atom is 0.115 e. The van der Waals surface area contributed by atoms with Crippen LogP contribution < -0.4 is 0 Å². The van der Waals surface area contributed by atoms with E-state index in [9.17, 15) is 5.11 Å². The Labute approximate surface area is 101 Å². The lowest BCUT2D eigenvalue weighted by atomic mass is 10.1. The van der Waals surface area contributed by atoms with Crippen LogP contribution in [0.5, 0.6) is 5.75 Å². The van der Waals surface area contributed by atoms with Crippen LogP contribution in [-0.4, -0.2) is 40.1 Å². The maximum atomic E-state index is 9.38. The van der Waals surface area contributed by atoms with Gasteiger partial charge in [-0.3, -0.25) is 0 Å². The molecule has 3 heterocycles. The van der Waals surface area contributed by atoms with E-state index in [2.05, 4.69) is 22.7 Å². The highest BCUT2D eigenvalue weighted by molar-refractivity contribution is 8.02. The van der Waals surface area contributed by atoms with Gasteiger partial charge in [0.05, 0.1) is 0 Å². The quantitative estimate of drug-likeness (QED) is 0.868. The SMILES string of the molecule is Oc1cccc(CCN2CC3CC(C2)S3)c1. The number of thioether (sulfide) groups is 1. The maximum absolute atomic E-state index is 9.38. The van der Waals surface area contributed by atoms with Gasteiger partial charge in [-0.05, 0) is 30.5 Å². The third kappa shape index (κ3) is 2.20. The van der Waals surface area contributed by atoms with Crippen LogP contribution in [0.2, 0.25) is 0 Å². The first kappa shape index (κ1) is 10.5. The van der Waals surface area contributed by atoms with Crippen molar-refractivity contribution in [3.05, 3.63) is 29.8 Å². The zero-order chi connectivity index (χ0) is 11.0. The second kappa shape index (κ2) is 4.30. The molecule has 3 fully saturated rings. The molecule has 1 aromatic rings. The van der Waals surface area contributed by atoms with Gasteiger partial charge in [0.2, 0.25) is 0 Å². The molecule has 0 amide bonds. The molecule has 1 aromatic carbocycles. The molecule has 0 aromatic heterocycles. The summed E-state index contributed by atoms with van der Waals surface area (Å²) in [6.45, 7) is 3.66. The van der Waals surface area contributed by atoms with Gasteiger partial charge in [-0.15, -0.1) is 0 Å². The highest BCUT2D eigenvalue weighted by Gasteiger charge is 2.37. The van der Waals surface area contributed by atoms with E-state index >= 15 is 0 Å². The van der Waals surface area contributed by atoms with E-state index < -0.39 is 0 Å². The minimum Gasteiger partial charge on any atom is -0.508 e. The third-order valence-corrected chi connectivity index (χ3v) is 4.91. The molecule has 1 N–H and O–H groups in total. The summed E-state index contributed by atoms with van der Waals surface area (Å²) in [7, 11) is 0. The molecule has 2 nitrogen and oxygen atoms in total. The Bertz CT molecular complexity index is 366. The fourth-order valence-electron chi connectivity index (χ4n) is 2.62. The molecular weight excluding hydrogens is 218 g/mol. The van der Waals surface area contributed by atoms with Crippen molar-refractivity contribution in [2.75, 3.05) is 19.6 Å². The van der Waals surface area contributed by atoms with Crippen molar-refractivity contribution in [3.8, 4) is 5.75 Å². The molecule has 3 aliphatic rings. The number of benzene rings is 1. The summed E-state index contributed by atoms with van der Waals surface area (Å²) in [5.74, 6) is 0.384. The van der Waals surface area contributed by atoms with E-state index in [0.717, 1.165) is 23.5 Å². The number of aromatic hydroxyl groups is 1. The van der Waals surface area contributed by atoms with Crippen molar-refractivity contribution in [2.45, 2.75) is 23.3 Å². The van der Waals surface area contributed by atoms with E-state index in [1.54, 1.807) is 6.07 Å². The average Bonchev–Trinajstić information content (AvgIpc) is 2.26. The monoisotopic (exact) mass is 235 g/mol. The summed E-state index contributed by atoms with van der Waals surface area (Å²) in [4.78, 5) is 2.57. The number of phenols is 1. The molecule has 3 heteroatoms. The average molecular weight is 235 g/mol. The van der Waals surface area contributed by atoms with Gasteiger partial charge in [0, 0.05) is 30.1 Å². The fraction of sp³-hybridized carbons (Fsp3) is 0.538. The van der Waals surface area contributed by atoms with Crippen molar-refractivity contribution in [2.24, 2.45) is 0 Å². The van der Waals surface area contributed by atoms with Crippen LogP contribution in [0.3, 0.4) is 0 Å². The summed E-state index contributed by atoms with van der Waals surface area (Å²) in [6.07, 6.45) is 2.49. The Kier molecular flexibility index (Phi) is 2.82. The number of rotatable bonds is 3. The van der Waals surface area contributed by atoms with Crippen molar-refractivity contribution in [1.82, 2.24) is 4.90 Å². The van der Waals surface area contributed by atoms with E-state index in [1.165, 1.54) is 25.1 Å². The highest BCUT2D eigenvalue weighted by atomic mass is 32.2. The molecule has 0 aliphatic carbocycles. The summed E-state index contributed by atoms with van der Waals surface area (Å²) in [6, 6.07) is 7.63. The van der Waals surface area contributed by atoms with Gasteiger partial charge in [0.1, 0.15) is 5.75 Å². The highest BCUT2D eigenvalue weighted by Crippen LogP contribution is 2.41. The standard InChI is InChI=1S/C13H17NOS/c15-11-3-1-2-10(6-11)4-5-14-8-12-7-13(9-14)16-12/h1-3,6,12-13,15H,4-5,7-9H2. The van der Waals surface area contributed by atoms with E-state index in [1.807, 2.05) is 12.1 Å². The number of nitrogens with zero attached hydrogens (tertiary/aromatic N) is 1. The Hall–Kier alpha value is -0.670. The lowest BCUT2D eigenvalue weighted by Crippen LogP contribution is -2.51. The molecule has 0 radical (unpaired) electrons. The minimum atomic E-state index is 0.384. The van der Waals surface area contributed by atoms with E-state index in [0.29, 0.717) is 5.75 Å². The molecule has 86 valence electrons. The van der Waals surface area contributed by atoms with Gasteiger partial charge < -0.3 is 10.0 Å². The van der Waals surface area contributed by atoms with Gasteiger partial charge in [0.25, 0.3) is 0 Å². The predicted molar refractivity (Wildman–Crippen MR) is 68.0 cm³/mol. The van der Waals surface area contributed by atoms with Crippen LogP contribution >= 0.6 is 11.8 Å². The van der Waals surface area contributed by atoms with Crippen LogP contribution in [0.15, 0.2) is 24.3 Å². The lowest BCUT2D eigenvalue weighted by Gasteiger charge is -2.46. The summed E-state index contributed by atoms with van der Waals surface area (Å²) in [5, 5.41) is 11.2. The van der Waals surface area contributed by atoms with Crippen LogP contribution in [-0.2, 0) is 6.42 Å². The van der Waals surface area contributed by atoms with Gasteiger partial charge >= 0.3 is 0 Å². The van der Waals surface area contributed by atoms with Crippen molar-refractivity contribution in [3.63, 3.8) is 0 Å². The molecule has 4 rings (SSSR count). The summed E-state index contributed by atoms with van der Waals surface area (Å²) in [5.41, 5.74) is 1.24. The molecule has 3 saturated heterocycles. The van der Waals surface area contributed by atoms with E-state index in [4.69, 9.17) is 0 Å². The Balaban J connectivity index is 1.52. The number of piperidine rings is 1. The predicted octanol–water partition coefficient (Wildman–Crippen LogP) is 2.12. The zero-order valence-electron chi connectivity index (χ0n) is 9.30. The van der Waals surface area contributed by atoms with Crippen molar-refractivity contribution < 1.29 is 5.11 Å². The minimum absolute atomic E-state index is 0.384. The number of hydrogen-bond acceptors (Lipinski definition) is 3. The number of fused-ring (bicyclic) bond motifs is 2. The van der Waals surface area contributed by atoms with Gasteiger partial charge in [-0.1, -0.05) is 12.1 Å². The van der Waals surface area contributed by atoms with Gasteiger partial charge in [0.15, 0.2) is 0 Å². The molecule has 2 atom stereocenters. The largest absolute Gasteiger partial charge is 0.508 e. The lowest BCUT2D eigenvalue weighted by molar-refractivity contribution is 0.225. The zero-order valence-corrected chi connectivity index (χ0v) is 10.1. The fourth-order valence-corrected chi connectivity index (χ4v) is 4.09. The van der Waals surface area contributed by atoms with Crippen molar-refractivity contribution in [1.29, 1.82) is 0 Å². The topological polar surface area (TPSA) is 23.5 Å². The normalized spacial score (nSPS) is 28.8. The summed E-state index contributed by atoms with van der Waals surface area (Å²) >= 11 is 2.16. The molecular formula is C13H17NOS.